The number of nitrogens with zero attached hydrogens (tertiary/aromatic N) is 1. The molecule has 0 aliphatic carbocycles. The van der Waals surface area contributed by atoms with E-state index in [2.05, 4.69) is 10.6 Å². The summed E-state index contributed by atoms with van der Waals surface area (Å²) in [6.07, 6.45) is -7.52. The number of carboxylic acid groups (broad SMARTS) is 3. The molecule has 0 aromatic heterocycles. The summed E-state index contributed by atoms with van der Waals surface area (Å²) in [5, 5.41) is 37.7. The fourth-order valence-corrected chi connectivity index (χ4v) is 4.62. The molecule has 0 heterocycles. The Hall–Kier alpha value is -6.38. The van der Waals surface area contributed by atoms with E-state index in [-0.39, 0.29) is 58.7 Å². The molecule has 0 saturated heterocycles. The molecule has 0 aromatic rings. The minimum atomic E-state index is -1.80. The Morgan fingerprint density at radius 3 is 1.34 bits per heavy atom. The molecular weight excluding hydrogens is 865 g/mol. The van der Waals surface area contributed by atoms with Crippen molar-refractivity contribution in [1.82, 2.24) is 15.4 Å². The van der Waals surface area contributed by atoms with Gasteiger partial charge >= 0.3 is 48.8 Å². The van der Waals surface area contributed by atoms with Crippen LogP contribution in [0.5, 0.6) is 0 Å². The van der Waals surface area contributed by atoms with Crippen LogP contribution >= 0.6 is 0 Å². The van der Waals surface area contributed by atoms with Crippen molar-refractivity contribution in [2.24, 2.45) is 0 Å². The Morgan fingerprint density at radius 2 is 0.953 bits per heavy atom. The third-order valence-corrected chi connectivity index (χ3v) is 6.57. The van der Waals surface area contributed by atoms with Gasteiger partial charge in [-0.15, -0.1) is 0 Å². The van der Waals surface area contributed by atoms with Gasteiger partial charge in [-0.3, -0.25) is 57.5 Å². The van der Waals surface area contributed by atoms with Crippen LogP contribution in [0.3, 0.4) is 0 Å². The fraction of sp³-hybridized carbons (Fsp3) is 0.676. The lowest BCUT2D eigenvalue weighted by Gasteiger charge is -2.31. The third kappa shape index (κ3) is 45.2. The second-order valence-electron chi connectivity index (χ2n) is 13.0. The number of hydrogen-bond acceptors (Lipinski definition) is 21. The number of carbonyl (C=O) groups excluding carboxylic acids is 9. The van der Waals surface area contributed by atoms with E-state index in [1.807, 2.05) is 0 Å². The number of rotatable bonds is 24. The number of carbonyl (C=O) groups is 12. The van der Waals surface area contributed by atoms with Crippen LogP contribution in [-0.4, -0.2) is 174 Å². The Kier molecular flexibility index (Phi) is 37.4. The van der Waals surface area contributed by atoms with Crippen LogP contribution in [0, 0.1) is 0 Å². The second kappa shape index (κ2) is 37.2. The van der Waals surface area contributed by atoms with Crippen molar-refractivity contribution in [3.63, 3.8) is 0 Å². The first-order chi connectivity index (χ1) is 29.4. The summed E-state index contributed by atoms with van der Waals surface area (Å²) in [4.78, 5) is 136. The van der Waals surface area contributed by atoms with E-state index in [0.717, 1.165) is 69.2 Å². The third-order valence-electron chi connectivity index (χ3n) is 6.57. The van der Waals surface area contributed by atoms with Gasteiger partial charge in [-0.1, -0.05) is 0 Å². The normalized spacial score (nSPS) is 12.1. The van der Waals surface area contributed by atoms with Gasteiger partial charge in [0.15, 0.2) is 6.10 Å². The van der Waals surface area contributed by atoms with Gasteiger partial charge < -0.3 is 68.9 Å². The largest absolute Gasteiger partial charge is 0.481 e. The number of amides is 2. The average molecular weight is 928 g/mol. The maximum absolute atomic E-state index is 13.3. The lowest BCUT2D eigenvalue weighted by molar-refractivity contribution is -0.187. The first-order valence-electron chi connectivity index (χ1n) is 19.1. The van der Waals surface area contributed by atoms with E-state index >= 15 is 0 Å². The zero-order valence-electron chi connectivity index (χ0n) is 37.8. The minimum Gasteiger partial charge on any atom is -0.481 e. The van der Waals surface area contributed by atoms with Crippen LogP contribution in [0.15, 0.2) is 0 Å². The standard InChI is InChI=1S/C31H50BN3O17.3C2H4O2/c1-18(36)46-14-9-27(50-22(5)40)29(51-23(6)41)30(52-24(7)42)31(44)34-11-13-35(32(8)45)12-10-33-28(43)16-25(48-20(3)38)15-26(49-21(4)39)17-47-19(2)37;3*1-2(3)4/h25-27,29-30,45H,9-17H2,1-8H3,(H,33,43)(H,34,44);3*1H3,(H,3,4)/t25-,26-,27+,29-,30+;;;/m0.../s1. The monoisotopic (exact) mass is 927 g/mol. The average Bonchev–Trinajstić information content (AvgIpc) is 3.09. The summed E-state index contributed by atoms with van der Waals surface area (Å²) in [7, 11) is -1.07. The van der Waals surface area contributed by atoms with Gasteiger partial charge in [0.1, 0.15) is 24.9 Å². The van der Waals surface area contributed by atoms with Crippen LogP contribution in [0.25, 0.3) is 0 Å². The lowest BCUT2D eigenvalue weighted by Crippen LogP contribution is -2.54. The summed E-state index contributed by atoms with van der Waals surface area (Å²) < 4.78 is 35.7. The number of hydrogen-bond donors (Lipinski definition) is 6. The predicted molar refractivity (Wildman–Crippen MR) is 216 cm³/mol. The Labute approximate surface area is 370 Å². The van der Waals surface area contributed by atoms with Gasteiger partial charge in [-0.05, 0) is 6.82 Å². The molecule has 0 bridgehead atoms. The summed E-state index contributed by atoms with van der Waals surface area (Å²) in [6.45, 7) is 11.7. The molecule has 0 aromatic carbocycles. The van der Waals surface area contributed by atoms with Gasteiger partial charge in [0.2, 0.25) is 12.0 Å². The Balaban J connectivity index is -0.00000132. The van der Waals surface area contributed by atoms with Crippen LogP contribution in [0.2, 0.25) is 6.82 Å². The van der Waals surface area contributed by atoms with Crippen LogP contribution in [0.4, 0.5) is 0 Å². The van der Waals surface area contributed by atoms with Crippen molar-refractivity contribution < 1.29 is 111 Å². The zero-order chi connectivity index (χ0) is 50.7. The molecule has 366 valence electrons. The molecule has 0 unspecified atom stereocenters. The van der Waals surface area contributed by atoms with Crippen LogP contribution in [0.1, 0.15) is 88.5 Å². The van der Waals surface area contributed by atoms with Crippen molar-refractivity contribution in [2.45, 2.75) is 126 Å². The van der Waals surface area contributed by atoms with Crippen LogP contribution in [-0.2, 0) is 90.7 Å². The SMILES string of the molecule is CB(O)N(CCNC(=O)C[C@H](C[C@@H](COC(C)=O)OC(C)=O)OC(C)=O)CCNC(=O)[C@H](OC(C)=O)[C@@H](OC(C)=O)[C@@H](CCOC(C)=O)OC(C)=O.CC(=O)O.CC(=O)O.CC(=O)O. The summed E-state index contributed by atoms with van der Waals surface area (Å²) in [5.74, 6) is -9.29. The maximum Gasteiger partial charge on any atom is 0.376 e. The number of carboxylic acids is 3. The summed E-state index contributed by atoms with van der Waals surface area (Å²) in [5.41, 5.74) is 0. The highest BCUT2D eigenvalue weighted by molar-refractivity contribution is 6.45. The highest BCUT2D eigenvalue weighted by Crippen LogP contribution is 2.18. The molecule has 2 amide bonds. The summed E-state index contributed by atoms with van der Waals surface area (Å²) >= 11 is 0. The predicted octanol–water partition coefficient (Wildman–Crippen LogP) is -1.14. The molecule has 64 heavy (non-hydrogen) atoms. The topological polar surface area (TPSA) is 378 Å². The van der Waals surface area contributed by atoms with E-state index in [9.17, 15) is 48.2 Å². The molecule has 0 fully saturated rings. The fourth-order valence-electron chi connectivity index (χ4n) is 4.62. The molecule has 0 aliphatic heterocycles. The highest BCUT2D eigenvalue weighted by atomic mass is 16.6. The smallest absolute Gasteiger partial charge is 0.376 e. The van der Waals surface area contributed by atoms with Gasteiger partial charge in [-0.25, -0.2) is 0 Å². The number of ether oxygens (including phenoxy) is 7. The molecule has 0 saturated carbocycles. The van der Waals surface area contributed by atoms with Crippen LogP contribution < -0.4 is 10.6 Å². The van der Waals surface area contributed by atoms with E-state index in [4.69, 9.17) is 62.9 Å². The summed E-state index contributed by atoms with van der Waals surface area (Å²) in [6, 6.07) is 0. The molecule has 0 radical (unpaired) electrons. The molecular formula is C37H62BN3O23. The van der Waals surface area contributed by atoms with Crippen molar-refractivity contribution in [3.8, 4) is 0 Å². The van der Waals surface area contributed by atoms with Crippen molar-refractivity contribution in [3.05, 3.63) is 0 Å². The molecule has 26 nitrogen and oxygen atoms in total. The van der Waals surface area contributed by atoms with E-state index < -0.39 is 109 Å². The lowest BCUT2D eigenvalue weighted by atomic mass is 9.85. The van der Waals surface area contributed by atoms with Crippen molar-refractivity contribution >= 4 is 78.6 Å². The second-order valence-corrected chi connectivity index (χ2v) is 13.0. The van der Waals surface area contributed by atoms with E-state index in [1.54, 1.807) is 0 Å². The maximum atomic E-state index is 13.3. The number of nitrogens with one attached hydrogen (secondary N) is 2. The molecule has 5 atom stereocenters. The molecule has 0 spiro atoms. The van der Waals surface area contributed by atoms with Crippen molar-refractivity contribution in [1.29, 1.82) is 0 Å². The molecule has 6 N–H and O–H groups in total. The van der Waals surface area contributed by atoms with Crippen molar-refractivity contribution in [2.75, 3.05) is 39.4 Å². The van der Waals surface area contributed by atoms with Gasteiger partial charge in [0, 0.05) is 108 Å². The molecule has 0 rings (SSSR count). The number of aliphatic carboxylic acids is 3. The first kappa shape index (κ1) is 64.3. The Bertz CT molecular complexity index is 1500. The quantitative estimate of drug-likeness (QED) is 0.0378. The highest BCUT2D eigenvalue weighted by Gasteiger charge is 2.41. The first-order valence-corrected chi connectivity index (χ1v) is 19.1. The van der Waals surface area contributed by atoms with Gasteiger partial charge in [0.25, 0.3) is 23.8 Å². The minimum absolute atomic E-state index is 0.000410. The molecule has 0 aliphatic rings. The Morgan fingerprint density at radius 1 is 0.547 bits per heavy atom. The van der Waals surface area contributed by atoms with Gasteiger partial charge in [-0.2, -0.15) is 0 Å². The van der Waals surface area contributed by atoms with Gasteiger partial charge in [0.05, 0.1) is 13.0 Å². The number of esters is 7. The van der Waals surface area contributed by atoms with E-state index in [1.165, 1.54) is 11.6 Å². The molecule has 27 heteroatoms. The van der Waals surface area contributed by atoms with E-state index in [0.29, 0.717) is 0 Å². The zero-order valence-corrected chi connectivity index (χ0v) is 37.8.